The number of halogens is 2. The summed E-state index contributed by atoms with van der Waals surface area (Å²) in [5, 5.41) is 11.3. The Labute approximate surface area is 1040 Å². The second-order valence-corrected chi connectivity index (χ2v) is 164. The van der Waals surface area contributed by atoms with Crippen LogP contribution in [0.5, 0.6) is 11.5 Å². The first-order chi connectivity index (χ1) is 64.9. The van der Waals surface area contributed by atoms with Gasteiger partial charge in [-0.05, 0) is 100 Å². The highest BCUT2D eigenvalue weighted by atomic mass is 79.9. The molecule has 4 N–H and O–H groups in total. The summed E-state index contributed by atoms with van der Waals surface area (Å²) in [5.74, 6) is 0.913. The number of nitrogens with two attached hydrogens (primary N) is 1. The number of carbonyl (C=O) groups excluding carboxylic acids is 1. The van der Waals surface area contributed by atoms with E-state index in [4.69, 9.17) is 65.1 Å². The van der Waals surface area contributed by atoms with Gasteiger partial charge in [0.25, 0.3) is 0 Å². The lowest BCUT2D eigenvalue weighted by Crippen LogP contribution is -2.11. The third-order valence-electron chi connectivity index (χ3n) is 8.06. The Morgan fingerprint density at radius 1 is 0.295 bits per heavy atom. The van der Waals surface area contributed by atoms with E-state index in [0.29, 0.717) is 26.1 Å². The maximum atomic E-state index is 11.8. The minimum absolute atomic E-state index is 0.0213. The topological polar surface area (TPSA) is 137 Å². The molecule has 132 heavy (non-hydrogen) atoms. The molecule has 9 nitrogen and oxygen atoms in total. The van der Waals surface area contributed by atoms with Gasteiger partial charge >= 0.3 is 5.97 Å². The number of rotatable bonds is 13. The maximum absolute atomic E-state index is 11.8. The molecule has 0 spiro atoms. The Hall–Kier alpha value is 15.2. The van der Waals surface area contributed by atoms with Crippen LogP contribution in [0.4, 0.5) is 11.4 Å². The van der Waals surface area contributed by atoms with E-state index in [9.17, 15) is 9.59 Å². The first-order valence-corrected chi connectivity index (χ1v) is 144. The third kappa shape index (κ3) is 124. The van der Waals surface area contributed by atoms with E-state index >= 15 is 0 Å². The number of benzene rings is 2. The SMILES string of the molecule is Cc1cc(N)ccn1.Cc1cc(NC(=O)CCCCOc2cccc(Br)c2)ccn1.O=C(O)CCCCOc1cccc(Br)c1.S=S=S=S=S=S=S=S=S=S=S=S=S=S=S=S=S=S=S=S=S=S=S=S=S=S=S=S=S=S=S=S=S=S=S=S=S=S=S=S=S=S=S.S=S=S=S=S=S=S=S=S=S=S=S=S=S=S=S=S=S=S=S=S=S=S=S=S=S=S=S=S=S=S=S=S=S=S=S=S=S=S=S=S=S=S=S. The Morgan fingerprint density at radius 2 is 0.500 bits per heavy atom. The standard InChI is InChI=1S/C17H19BrN2O2.C11H13BrO3.C6H8N2.S44.S43/c1-13-11-15(8-9-19-13)20-17(21)7-2-3-10-22-16-6-4-5-14(18)12-16;12-9-4-3-5-10(8-9)15-7-2-1-6-11(13)14;1-5-4-6(7)2-3-8-5;1-3-5-7-9-11-13-15-17-19-21-23-25-27-29-31-33-35-37-39-41-43-44-42-40-38-36-34-32-30-28-26-24-22-20-18-16-14-12-10-8-6-4-2;1-3-5-7-9-11-13-15-17-19-21-23-25-27-29-31-33-35-37-39-41-43-42-40-38-36-34-32-30-28-26-24-22-20-18-16-14-12-10-8-6-4-2/h4-6,8-9,11-12H,2-3,7,10H2,1H3,(H,19,20,21);3-5,8H,1-2,6-7H2,(H,13,14);2-4H,1H3,(H2,7,8);;. The summed E-state index contributed by atoms with van der Waals surface area (Å²) < 4.78 is 13.1. The van der Waals surface area contributed by atoms with E-state index in [2.05, 4.69) is 47.1 Å². The molecule has 0 aliphatic heterocycles. The molecular weight excluding hydrogens is 3490 g/mol. The van der Waals surface area contributed by atoms with Gasteiger partial charge in [-0.1, -0.05) is 44.0 Å². The molecule has 762 valence electrons. The fraction of sp³-hybridized carbons (Fsp3) is 0.294. The molecule has 0 unspecified atom stereocenters. The number of carbonyl (C=O) groups is 2. The normalized spacial score (nSPS) is 8.48. The smallest absolute Gasteiger partial charge is 0.303 e. The number of aliphatic carboxylic acids is 1. The zero-order valence-electron chi connectivity index (χ0n) is 61.1. The summed E-state index contributed by atoms with van der Waals surface area (Å²) in [4.78, 5) is 30.1. The molecule has 4 aromatic rings. The van der Waals surface area contributed by atoms with E-state index in [1.165, 1.54) is 35.5 Å². The second-order valence-electron chi connectivity index (χ2n) is 15.5. The Morgan fingerprint density at radius 3 is 0.682 bits per heavy atom. The molecule has 2 aromatic heterocycles. The largest absolute Gasteiger partial charge is 0.494 e. The van der Waals surface area contributed by atoms with Crippen LogP contribution in [0.25, 0.3) is 0 Å². The predicted molar refractivity (Wildman–Crippen MR) is 826 cm³/mol. The minimum atomic E-state index is -0.752. The van der Waals surface area contributed by atoms with Gasteiger partial charge in [-0.3, -0.25) is 19.6 Å². The molecule has 98 heteroatoms. The lowest BCUT2D eigenvalue weighted by atomic mass is 10.2. The molecule has 0 aliphatic carbocycles. The fourth-order valence-corrected chi connectivity index (χ4v) is 222. The zero-order valence-corrected chi connectivity index (χ0v) is 135. The fourth-order valence-electron chi connectivity index (χ4n) is 4.57. The van der Waals surface area contributed by atoms with Crippen LogP contribution in [0.2, 0.25) is 0 Å². The molecular formula is C34H40Br2N4O5S87. The average molecular weight is 3530 g/mol. The molecule has 2 heterocycles. The van der Waals surface area contributed by atoms with Crippen molar-refractivity contribution in [3.8, 4) is 11.5 Å². The number of carboxylic acids is 1. The first kappa shape index (κ1) is 147. The number of pyridine rings is 2. The summed E-state index contributed by atoms with van der Waals surface area (Å²) in [5.41, 5.74) is 8.84. The van der Waals surface area contributed by atoms with E-state index in [1.807, 2.05) is 563 Å². The Bertz CT molecular complexity index is 8540. The lowest BCUT2D eigenvalue weighted by Gasteiger charge is -2.07. The minimum Gasteiger partial charge on any atom is -0.494 e. The van der Waals surface area contributed by atoms with Gasteiger partial charge in [0.05, 0.1) is 13.2 Å². The van der Waals surface area contributed by atoms with Gasteiger partial charge in [-0.25, -0.2) is 0 Å². The van der Waals surface area contributed by atoms with Crippen LogP contribution in [-0.2, 0) is 791 Å². The number of hydrogen-bond acceptors (Lipinski definition) is 11. The summed E-state index contributed by atoms with van der Waals surface area (Å²) in [7, 11) is 148. The van der Waals surface area contributed by atoms with Crippen molar-refractivity contribution in [2.24, 2.45) is 0 Å². The number of nitrogen functional groups attached to an aromatic ring is 1. The van der Waals surface area contributed by atoms with Crippen LogP contribution in [0, 0.1) is 13.8 Å². The van der Waals surface area contributed by atoms with Gasteiger partial charge < -0.3 is 25.6 Å². The van der Waals surface area contributed by atoms with Crippen LogP contribution < -0.4 is 20.5 Å². The van der Waals surface area contributed by atoms with Crippen molar-refractivity contribution < 1.29 is 24.2 Å². The zero-order chi connectivity index (χ0) is 95.6. The van der Waals surface area contributed by atoms with Crippen molar-refractivity contribution >= 4 is 837 Å². The molecule has 0 saturated heterocycles. The summed E-state index contributed by atoms with van der Waals surface area (Å²) >= 11 is 26.0. The number of carboxylic acid groups (broad SMARTS) is 1. The van der Waals surface area contributed by atoms with Gasteiger partial charge in [0.15, 0.2) is 0 Å². The Kier molecular flexibility index (Phi) is 143. The number of anilines is 2. The quantitative estimate of drug-likeness (QED) is 0.112. The number of nitrogens with one attached hydrogen (secondary N) is 1. The maximum Gasteiger partial charge on any atom is 0.303 e. The van der Waals surface area contributed by atoms with Crippen molar-refractivity contribution in [1.29, 1.82) is 0 Å². The van der Waals surface area contributed by atoms with Crippen LogP contribution in [0.1, 0.15) is 49.9 Å². The van der Waals surface area contributed by atoms with E-state index in [0.717, 1.165) is 62.5 Å². The number of amides is 1. The number of unbranched alkanes of at least 4 members (excludes halogenated alkanes) is 2. The first-order valence-electron chi connectivity index (χ1n) is 28.7. The monoisotopic (exact) mass is 3520 g/mol. The Balaban J connectivity index is 0.00000178. The van der Waals surface area contributed by atoms with E-state index in [-0.39, 0.29) is 12.3 Å². The number of aryl methyl sites for hydroxylation is 2. The summed E-state index contributed by atoms with van der Waals surface area (Å²) in [6.07, 6.45) is 7.15. The average Bonchev–Trinajstić information content (AvgIpc) is 0.837. The van der Waals surface area contributed by atoms with Gasteiger partial charge in [0.1, 0.15) is 11.5 Å². The van der Waals surface area contributed by atoms with Crippen molar-refractivity contribution in [2.75, 3.05) is 24.3 Å². The predicted octanol–water partition coefficient (Wildman–Crippen LogP) is 8.19. The molecule has 0 atom stereocenters. The number of nitrogens with zero attached hydrogens (tertiary/aromatic N) is 2. The number of ether oxygens (including phenoxy) is 2. The third-order valence-corrected chi connectivity index (χ3v) is 189. The highest BCUT2D eigenvalue weighted by Crippen LogP contribution is 2.19. The molecule has 0 bridgehead atoms. The molecule has 0 fully saturated rings. The molecule has 2 aromatic carbocycles. The van der Waals surface area contributed by atoms with E-state index < -0.39 is 5.97 Å². The highest BCUT2D eigenvalue weighted by Gasteiger charge is 2.04. The highest BCUT2D eigenvalue weighted by molar-refractivity contribution is 9.11. The van der Waals surface area contributed by atoms with Crippen LogP contribution in [-0.4, -0.2) is 40.2 Å². The second kappa shape index (κ2) is 128. The molecule has 1 amide bonds. The van der Waals surface area contributed by atoms with Crippen LogP contribution in [0.15, 0.2) is 94.1 Å². The van der Waals surface area contributed by atoms with Gasteiger partial charge in [0.2, 0.25) is 5.91 Å². The molecule has 0 radical (unpaired) electrons. The molecule has 0 aliphatic rings. The van der Waals surface area contributed by atoms with Crippen molar-refractivity contribution in [3.63, 3.8) is 0 Å². The van der Waals surface area contributed by atoms with Gasteiger partial charge in [-0.15, -0.1) is 0 Å². The van der Waals surface area contributed by atoms with Crippen molar-refractivity contribution in [1.82, 2.24) is 9.97 Å². The van der Waals surface area contributed by atoms with Crippen molar-refractivity contribution in [3.05, 3.63) is 106 Å². The summed E-state index contributed by atoms with van der Waals surface area (Å²) in [6, 6.07) is 22.6. The van der Waals surface area contributed by atoms with Crippen LogP contribution in [0.3, 0.4) is 0 Å². The number of aromatic nitrogens is 2. The van der Waals surface area contributed by atoms with Gasteiger partial charge in [-0.2, -0.15) is 0 Å². The van der Waals surface area contributed by atoms with Gasteiger partial charge in [0, 0.05) is 839 Å². The van der Waals surface area contributed by atoms with Crippen molar-refractivity contribution in [2.45, 2.75) is 52.4 Å². The van der Waals surface area contributed by atoms with Crippen LogP contribution >= 0.6 is 31.9 Å². The van der Waals surface area contributed by atoms with E-state index in [1.54, 1.807) is 238 Å². The molecule has 4 rings (SSSR count). The lowest BCUT2D eigenvalue weighted by molar-refractivity contribution is -0.137. The molecule has 0 saturated carbocycles. The summed E-state index contributed by atoms with van der Waals surface area (Å²) in [6.45, 7) is 4.98. The number of hydrogen-bond donors (Lipinski definition) is 3.